The predicted octanol–water partition coefficient (Wildman–Crippen LogP) is 1.24. The molecule has 0 aliphatic carbocycles. The van der Waals surface area contributed by atoms with E-state index in [0.717, 1.165) is 19.3 Å². The maximum Gasteiger partial charge on any atom is 0.273 e. The molecule has 21 heavy (non-hydrogen) atoms. The van der Waals surface area contributed by atoms with Crippen molar-refractivity contribution in [2.45, 2.75) is 31.1 Å². The van der Waals surface area contributed by atoms with Crippen molar-refractivity contribution in [1.29, 1.82) is 0 Å². The summed E-state index contributed by atoms with van der Waals surface area (Å²) in [5.41, 5.74) is 5.69. The minimum absolute atomic E-state index is 0.164. The number of nitrogens with zero attached hydrogens (tertiary/aromatic N) is 2. The highest BCUT2D eigenvalue weighted by Gasteiger charge is 2.32. The van der Waals surface area contributed by atoms with E-state index in [9.17, 15) is 18.5 Å². The minimum Gasteiger partial charge on any atom is -0.329 e. The second-order valence-corrected chi connectivity index (χ2v) is 7.06. The van der Waals surface area contributed by atoms with Gasteiger partial charge in [-0.15, -0.1) is 0 Å². The normalized spacial score (nSPS) is 20.3. The van der Waals surface area contributed by atoms with Crippen LogP contribution in [0.5, 0.6) is 0 Å². The van der Waals surface area contributed by atoms with Gasteiger partial charge >= 0.3 is 0 Å². The molecule has 116 valence electrons. The standard InChI is InChI=1S/C13H19N3O4S/c14-9-12-6-3-4-8-15(12)21(19,20)10-11-5-1-2-7-13(11)16(17)18/h1-2,5,7,12H,3-4,6,8-10,14H2. The van der Waals surface area contributed by atoms with Gasteiger partial charge in [-0.3, -0.25) is 10.1 Å². The van der Waals surface area contributed by atoms with E-state index in [0.29, 0.717) is 6.54 Å². The Hall–Kier alpha value is -1.51. The first-order chi connectivity index (χ1) is 9.95. The van der Waals surface area contributed by atoms with E-state index in [2.05, 4.69) is 0 Å². The number of hydrogen-bond donors (Lipinski definition) is 1. The quantitative estimate of drug-likeness (QED) is 0.650. The topological polar surface area (TPSA) is 107 Å². The molecule has 1 aliphatic heterocycles. The molecule has 7 nitrogen and oxygen atoms in total. The highest BCUT2D eigenvalue weighted by molar-refractivity contribution is 7.88. The molecule has 1 aromatic carbocycles. The Kier molecular flexibility index (Phi) is 4.92. The number of nitro benzene ring substituents is 1. The number of hydrogen-bond acceptors (Lipinski definition) is 5. The lowest BCUT2D eigenvalue weighted by Gasteiger charge is -2.33. The van der Waals surface area contributed by atoms with E-state index < -0.39 is 14.9 Å². The molecule has 0 aromatic heterocycles. The Morgan fingerprint density at radius 3 is 2.71 bits per heavy atom. The van der Waals surface area contributed by atoms with Crippen LogP contribution in [0.3, 0.4) is 0 Å². The molecule has 1 heterocycles. The first-order valence-electron chi connectivity index (χ1n) is 6.87. The fourth-order valence-electron chi connectivity index (χ4n) is 2.67. The van der Waals surface area contributed by atoms with Gasteiger partial charge in [-0.05, 0) is 12.8 Å². The van der Waals surface area contributed by atoms with Crippen molar-refractivity contribution in [1.82, 2.24) is 4.31 Å². The molecule has 2 N–H and O–H groups in total. The van der Waals surface area contributed by atoms with E-state index in [1.165, 1.54) is 22.5 Å². The summed E-state index contributed by atoms with van der Waals surface area (Å²) >= 11 is 0. The van der Waals surface area contributed by atoms with Crippen molar-refractivity contribution in [2.75, 3.05) is 13.1 Å². The van der Waals surface area contributed by atoms with Crippen LogP contribution in [0.1, 0.15) is 24.8 Å². The third kappa shape index (κ3) is 3.58. The van der Waals surface area contributed by atoms with Crippen molar-refractivity contribution < 1.29 is 13.3 Å². The van der Waals surface area contributed by atoms with E-state index in [4.69, 9.17) is 5.73 Å². The summed E-state index contributed by atoms with van der Waals surface area (Å²) in [6.07, 6.45) is 2.50. The third-order valence-electron chi connectivity index (χ3n) is 3.73. The van der Waals surface area contributed by atoms with Crippen LogP contribution < -0.4 is 5.73 Å². The van der Waals surface area contributed by atoms with E-state index in [1.807, 2.05) is 0 Å². The van der Waals surface area contributed by atoms with Crippen LogP contribution in [0.15, 0.2) is 24.3 Å². The Morgan fingerprint density at radius 1 is 1.33 bits per heavy atom. The Bertz CT molecular complexity index is 618. The molecular weight excluding hydrogens is 294 g/mol. The number of nitro groups is 1. The zero-order valence-electron chi connectivity index (χ0n) is 11.6. The fraction of sp³-hybridized carbons (Fsp3) is 0.538. The molecule has 0 spiro atoms. The van der Waals surface area contributed by atoms with Crippen molar-refractivity contribution >= 4 is 15.7 Å². The van der Waals surface area contributed by atoms with Crippen LogP contribution in [0, 0.1) is 10.1 Å². The van der Waals surface area contributed by atoms with Gasteiger partial charge in [0.2, 0.25) is 10.0 Å². The van der Waals surface area contributed by atoms with Gasteiger partial charge in [0.15, 0.2) is 0 Å². The van der Waals surface area contributed by atoms with Crippen molar-refractivity contribution in [3.05, 3.63) is 39.9 Å². The highest BCUT2D eigenvalue weighted by atomic mass is 32.2. The number of sulfonamides is 1. The molecule has 1 unspecified atom stereocenters. The monoisotopic (exact) mass is 313 g/mol. The summed E-state index contributed by atoms with van der Waals surface area (Å²) in [5, 5.41) is 11.0. The lowest BCUT2D eigenvalue weighted by Crippen LogP contribution is -2.47. The van der Waals surface area contributed by atoms with Gasteiger partial charge in [0, 0.05) is 30.8 Å². The Balaban J connectivity index is 2.27. The summed E-state index contributed by atoms with van der Waals surface area (Å²) in [5.74, 6) is -0.360. The molecule has 0 radical (unpaired) electrons. The molecule has 1 saturated heterocycles. The number of para-hydroxylation sites is 1. The zero-order valence-corrected chi connectivity index (χ0v) is 12.5. The van der Waals surface area contributed by atoms with Gasteiger partial charge in [-0.1, -0.05) is 24.6 Å². The van der Waals surface area contributed by atoms with Crippen LogP contribution in [-0.2, 0) is 15.8 Å². The first-order valence-corrected chi connectivity index (χ1v) is 8.48. The van der Waals surface area contributed by atoms with Crippen LogP contribution in [0.2, 0.25) is 0 Å². The molecule has 2 rings (SSSR count). The van der Waals surface area contributed by atoms with Crippen LogP contribution in [-0.4, -0.2) is 36.8 Å². The molecule has 0 amide bonds. The average Bonchev–Trinajstić information content (AvgIpc) is 2.47. The number of rotatable bonds is 5. The molecule has 0 bridgehead atoms. The van der Waals surface area contributed by atoms with Gasteiger partial charge in [0.05, 0.1) is 10.7 Å². The Labute approximate surface area is 123 Å². The number of nitrogens with two attached hydrogens (primary N) is 1. The summed E-state index contributed by atoms with van der Waals surface area (Å²) in [7, 11) is -3.60. The van der Waals surface area contributed by atoms with Crippen LogP contribution in [0.4, 0.5) is 5.69 Å². The molecule has 1 fully saturated rings. The number of piperidine rings is 1. The lowest BCUT2D eigenvalue weighted by atomic mass is 10.1. The maximum atomic E-state index is 12.5. The smallest absolute Gasteiger partial charge is 0.273 e. The van der Waals surface area contributed by atoms with Gasteiger partial charge in [0.25, 0.3) is 5.69 Å². The average molecular weight is 313 g/mol. The van der Waals surface area contributed by atoms with E-state index in [-0.39, 0.29) is 29.6 Å². The van der Waals surface area contributed by atoms with E-state index >= 15 is 0 Å². The summed E-state index contributed by atoms with van der Waals surface area (Å²) in [4.78, 5) is 10.4. The molecule has 1 aromatic rings. The summed E-state index contributed by atoms with van der Waals surface area (Å²) in [6.45, 7) is 0.709. The second kappa shape index (κ2) is 6.50. The second-order valence-electron chi connectivity index (χ2n) is 5.14. The summed E-state index contributed by atoms with van der Waals surface area (Å²) in [6, 6.07) is 5.73. The SMILES string of the molecule is NCC1CCCCN1S(=O)(=O)Cc1ccccc1[N+](=O)[O-]. The zero-order chi connectivity index (χ0) is 15.5. The van der Waals surface area contributed by atoms with Gasteiger partial charge in [0.1, 0.15) is 0 Å². The molecular formula is C13H19N3O4S. The maximum absolute atomic E-state index is 12.5. The third-order valence-corrected chi connectivity index (χ3v) is 5.60. The Morgan fingerprint density at radius 2 is 2.05 bits per heavy atom. The van der Waals surface area contributed by atoms with E-state index in [1.54, 1.807) is 6.07 Å². The number of benzene rings is 1. The van der Waals surface area contributed by atoms with Crippen LogP contribution in [0.25, 0.3) is 0 Å². The fourth-order valence-corrected chi connectivity index (χ4v) is 4.52. The van der Waals surface area contributed by atoms with Crippen molar-refractivity contribution in [3.63, 3.8) is 0 Å². The molecule has 8 heteroatoms. The first kappa shape index (κ1) is 15.9. The van der Waals surface area contributed by atoms with Gasteiger partial charge < -0.3 is 5.73 Å². The molecule has 0 saturated carbocycles. The largest absolute Gasteiger partial charge is 0.329 e. The predicted molar refractivity (Wildman–Crippen MR) is 79.1 cm³/mol. The minimum atomic E-state index is -3.60. The van der Waals surface area contributed by atoms with Crippen molar-refractivity contribution in [3.8, 4) is 0 Å². The molecule has 1 atom stereocenters. The van der Waals surface area contributed by atoms with Gasteiger partial charge in [-0.25, -0.2) is 8.42 Å². The van der Waals surface area contributed by atoms with Crippen LogP contribution >= 0.6 is 0 Å². The van der Waals surface area contributed by atoms with Crippen molar-refractivity contribution in [2.24, 2.45) is 5.73 Å². The summed E-state index contributed by atoms with van der Waals surface area (Å²) < 4.78 is 26.5. The highest BCUT2D eigenvalue weighted by Crippen LogP contribution is 2.25. The lowest BCUT2D eigenvalue weighted by molar-refractivity contribution is -0.385. The van der Waals surface area contributed by atoms with Gasteiger partial charge in [-0.2, -0.15) is 4.31 Å². The molecule has 1 aliphatic rings.